The summed E-state index contributed by atoms with van der Waals surface area (Å²) >= 11 is 0. The van der Waals surface area contributed by atoms with Crippen LogP contribution in [0.2, 0.25) is 0 Å². The average molecular weight is 297 g/mol. The van der Waals surface area contributed by atoms with Gasteiger partial charge in [-0.15, -0.1) is 0 Å². The smallest absolute Gasteiger partial charge is 0.227 e. The van der Waals surface area contributed by atoms with Gasteiger partial charge in [-0.3, -0.25) is 4.79 Å². The lowest BCUT2D eigenvalue weighted by molar-refractivity contribution is -0.117. The van der Waals surface area contributed by atoms with Crippen molar-refractivity contribution < 1.29 is 9.32 Å². The van der Waals surface area contributed by atoms with Crippen LogP contribution >= 0.6 is 0 Å². The molecule has 1 aliphatic carbocycles. The Bertz CT molecular complexity index is 740. The topological polar surface area (TPSA) is 104 Å². The Morgan fingerprint density at radius 1 is 1.45 bits per heavy atom. The molecule has 0 saturated heterocycles. The zero-order valence-electron chi connectivity index (χ0n) is 12.1. The van der Waals surface area contributed by atoms with Crippen molar-refractivity contribution >= 4 is 11.6 Å². The van der Waals surface area contributed by atoms with Gasteiger partial charge in [0.1, 0.15) is 11.5 Å². The third-order valence-corrected chi connectivity index (χ3v) is 3.65. The molecular weight excluding hydrogens is 282 g/mol. The van der Waals surface area contributed by atoms with Gasteiger partial charge in [0.25, 0.3) is 0 Å². The number of nitrogens with one attached hydrogen (secondary N) is 1. The predicted octanol–water partition coefficient (Wildman–Crippen LogP) is 3.81. The highest BCUT2D eigenvalue weighted by Crippen LogP contribution is 2.31. The van der Waals surface area contributed by atoms with Crippen molar-refractivity contribution in [3.63, 3.8) is 0 Å². The number of aryl methyl sites for hydroxylation is 1. The lowest BCUT2D eigenvalue weighted by Crippen LogP contribution is -2.12. The lowest BCUT2D eigenvalue weighted by Gasteiger charge is -2.05. The molecule has 0 unspecified atom stereocenters. The van der Waals surface area contributed by atoms with Gasteiger partial charge in [-0.2, -0.15) is 0 Å². The Balaban J connectivity index is 1.80. The summed E-state index contributed by atoms with van der Waals surface area (Å²) in [6.07, 6.45) is 1.95. The first kappa shape index (κ1) is 14.2. The van der Waals surface area contributed by atoms with Crippen LogP contribution in [0, 0.1) is 12.8 Å². The van der Waals surface area contributed by atoms with E-state index >= 15 is 0 Å². The molecule has 7 heteroatoms. The molecule has 2 aromatic rings. The van der Waals surface area contributed by atoms with E-state index in [1.807, 2.05) is 24.3 Å². The maximum absolute atomic E-state index is 11.7. The van der Waals surface area contributed by atoms with E-state index in [2.05, 4.69) is 20.5 Å². The first-order valence-electron chi connectivity index (χ1n) is 7.06. The highest BCUT2D eigenvalue weighted by atomic mass is 16.5. The average Bonchev–Trinajstić information content (AvgIpc) is 3.31. The molecule has 1 N–H and O–H groups in total. The van der Waals surface area contributed by atoms with E-state index in [4.69, 9.17) is 10.1 Å². The van der Waals surface area contributed by atoms with Gasteiger partial charge in [0, 0.05) is 27.6 Å². The number of hydrogen-bond donors (Lipinski definition) is 1. The third-order valence-electron chi connectivity index (χ3n) is 3.65. The predicted molar refractivity (Wildman–Crippen MR) is 80.9 cm³/mol. The maximum atomic E-state index is 11.7. The van der Waals surface area contributed by atoms with Crippen LogP contribution in [0.3, 0.4) is 0 Å². The van der Waals surface area contributed by atoms with Crippen molar-refractivity contribution in [3.05, 3.63) is 46.0 Å². The number of hydrogen-bond acceptors (Lipinski definition) is 4. The highest BCUT2D eigenvalue weighted by Gasteiger charge is 2.29. The van der Waals surface area contributed by atoms with Crippen molar-refractivity contribution in [2.45, 2.75) is 26.3 Å². The largest absolute Gasteiger partial charge is 0.361 e. The molecular formula is C15H15N5O2. The molecule has 0 aliphatic heterocycles. The number of anilines is 1. The number of amides is 1. The molecule has 22 heavy (non-hydrogen) atoms. The fourth-order valence-electron chi connectivity index (χ4n) is 2.21. The van der Waals surface area contributed by atoms with Gasteiger partial charge in [-0.25, -0.2) is 0 Å². The number of aromatic nitrogens is 1. The number of rotatable bonds is 5. The standard InChI is InChI=1S/C15H15N5O2/c1-9-13(8-17-20-16)14(19-22-9)10-4-6-12(7-5-10)18-15(21)11-2-3-11/h4-7,11H,2-3,8H2,1H3,(H,18,21). The van der Waals surface area contributed by atoms with E-state index in [1.54, 1.807) is 6.92 Å². The summed E-state index contributed by atoms with van der Waals surface area (Å²) in [6.45, 7) is 1.98. The molecule has 7 nitrogen and oxygen atoms in total. The molecule has 0 radical (unpaired) electrons. The first-order valence-corrected chi connectivity index (χ1v) is 7.06. The Morgan fingerprint density at radius 2 is 2.18 bits per heavy atom. The molecule has 1 amide bonds. The first-order chi connectivity index (χ1) is 10.7. The molecule has 1 saturated carbocycles. The fourth-order valence-corrected chi connectivity index (χ4v) is 2.21. The van der Waals surface area contributed by atoms with Gasteiger partial charge in [0.15, 0.2) is 0 Å². The van der Waals surface area contributed by atoms with Crippen molar-refractivity contribution in [1.82, 2.24) is 5.16 Å². The molecule has 1 aromatic heterocycles. The Hall–Kier alpha value is -2.79. The second-order valence-corrected chi connectivity index (χ2v) is 5.30. The van der Waals surface area contributed by atoms with Gasteiger partial charge < -0.3 is 9.84 Å². The zero-order chi connectivity index (χ0) is 15.5. The summed E-state index contributed by atoms with van der Waals surface area (Å²) < 4.78 is 5.18. The monoisotopic (exact) mass is 297 g/mol. The number of benzene rings is 1. The molecule has 1 aromatic carbocycles. The van der Waals surface area contributed by atoms with E-state index in [0.717, 1.165) is 29.7 Å². The molecule has 0 spiro atoms. The van der Waals surface area contributed by atoms with Gasteiger partial charge in [-0.05, 0) is 37.4 Å². The van der Waals surface area contributed by atoms with E-state index in [-0.39, 0.29) is 18.4 Å². The number of nitrogens with zero attached hydrogens (tertiary/aromatic N) is 4. The van der Waals surface area contributed by atoms with Crippen LogP contribution < -0.4 is 5.32 Å². The quantitative estimate of drug-likeness (QED) is 0.515. The lowest BCUT2D eigenvalue weighted by atomic mass is 10.1. The third kappa shape index (κ3) is 2.94. The second kappa shape index (κ2) is 5.91. The summed E-state index contributed by atoms with van der Waals surface area (Å²) in [7, 11) is 0. The van der Waals surface area contributed by atoms with Gasteiger partial charge in [-0.1, -0.05) is 22.4 Å². The van der Waals surface area contributed by atoms with E-state index in [1.165, 1.54) is 0 Å². The van der Waals surface area contributed by atoms with Gasteiger partial charge in [0.05, 0.1) is 6.54 Å². The van der Waals surface area contributed by atoms with Crippen LogP contribution in [-0.2, 0) is 11.3 Å². The van der Waals surface area contributed by atoms with Gasteiger partial charge in [0.2, 0.25) is 5.91 Å². The minimum absolute atomic E-state index is 0.0778. The summed E-state index contributed by atoms with van der Waals surface area (Å²) in [4.78, 5) is 14.5. The Labute approximate surface area is 126 Å². The second-order valence-electron chi connectivity index (χ2n) is 5.30. The number of carbonyl (C=O) groups excluding carboxylic acids is 1. The van der Waals surface area contributed by atoms with Crippen LogP contribution in [0.5, 0.6) is 0 Å². The zero-order valence-corrected chi connectivity index (χ0v) is 12.1. The normalized spacial score (nSPS) is 13.5. The van der Waals surface area contributed by atoms with Crippen LogP contribution in [0.15, 0.2) is 33.9 Å². The molecule has 3 rings (SSSR count). The minimum atomic E-state index is 0.0778. The van der Waals surface area contributed by atoms with Crippen LogP contribution in [-0.4, -0.2) is 11.1 Å². The Morgan fingerprint density at radius 3 is 2.82 bits per heavy atom. The molecule has 1 aliphatic rings. The van der Waals surface area contributed by atoms with Crippen molar-refractivity contribution in [1.29, 1.82) is 0 Å². The molecule has 0 bridgehead atoms. The summed E-state index contributed by atoms with van der Waals surface area (Å²) in [5.74, 6) is 0.885. The van der Waals surface area contributed by atoms with E-state index in [0.29, 0.717) is 11.5 Å². The van der Waals surface area contributed by atoms with Crippen LogP contribution in [0.25, 0.3) is 21.7 Å². The molecule has 1 fully saturated rings. The fraction of sp³-hybridized carbons (Fsp3) is 0.333. The van der Waals surface area contributed by atoms with Crippen LogP contribution in [0.4, 0.5) is 5.69 Å². The van der Waals surface area contributed by atoms with Crippen molar-refractivity contribution in [2.75, 3.05) is 5.32 Å². The van der Waals surface area contributed by atoms with Gasteiger partial charge >= 0.3 is 0 Å². The molecule has 0 atom stereocenters. The number of azide groups is 1. The van der Waals surface area contributed by atoms with Crippen molar-refractivity contribution in [3.8, 4) is 11.3 Å². The summed E-state index contributed by atoms with van der Waals surface area (Å²) in [5.41, 5.74) is 11.5. The highest BCUT2D eigenvalue weighted by molar-refractivity contribution is 5.94. The minimum Gasteiger partial charge on any atom is -0.361 e. The van der Waals surface area contributed by atoms with E-state index in [9.17, 15) is 4.79 Å². The maximum Gasteiger partial charge on any atom is 0.227 e. The summed E-state index contributed by atoms with van der Waals surface area (Å²) in [5, 5.41) is 10.5. The molecule has 112 valence electrons. The van der Waals surface area contributed by atoms with Crippen LogP contribution in [0.1, 0.15) is 24.2 Å². The Kier molecular flexibility index (Phi) is 3.80. The SMILES string of the molecule is Cc1onc(-c2ccc(NC(=O)C3CC3)cc2)c1CN=[N+]=[N-]. The van der Waals surface area contributed by atoms with Crippen molar-refractivity contribution in [2.24, 2.45) is 11.0 Å². The molecule has 1 heterocycles. The van der Waals surface area contributed by atoms with E-state index < -0.39 is 0 Å². The summed E-state index contributed by atoms with van der Waals surface area (Å²) in [6, 6.07) is 7.38. The number of carbonyl (C=O) groups is 1.